The first-order valence-corrected chi connectivity index (χ1v) is 13.7. The lowest BCUT2D eigenvalue weighted by Crippen LogP contribution is -2.38. The zero-order chi connectivity index (χ0) is 24.8. The summed E-state index contributed by atoms with van der Waals surface area (Å²) in [5.74, 6) is 0.772. The van der Waals surface area contributed by atoms with Gasteiger partial charge >= 0.3 is 0 Å². The number of carbonyl (C=O) groups excluding carboxylic acids is 1. The molecule has 2 aromatic rings. The molecule has 0 aromatic heterocycles. The SMILES string of the molecule is COc1ccc(S(=O)(=O)NCc2cccc(CN3CCOCC3)c2)cc1C(=O)N1CCC(C)CC1. The Bertz CT molecular complexity index is 1120. The molecule has 2 saturated heterocycles. The number of hydrogen-bond donors (Lipinski definition) is 1. The van der Waals surface area contributed by atoms with Crippen LogP contribution in [-0.2, 0) is 27.8 Å². The molecule has 0 aliphatic carbocycles. The molecule has 0 saturated carbocycles. The van der Waals surface area contributed by atoms with Gasteiger partial charge in [-0.25, -0.2) is 13.1 Å². The van der Waals surface area contributed by atoms with Crippen molar-refractivity contribution in [3.63, 3.8) is 0 Å². The number of likely N-dealkylation sites (tertiary alicyclic amines) is 1. The van der Waals surface area contributed by atoms with E-state index in [2.05, 4.69) is 22.6 Å². The van der Waals surface area contributed by atoms with Crippen molar-refractivity contribution in [1.29, 1.82) is 0 Å². The van der Waals surface area contributed by atoms with Crippen LogP contribution in [0.5, 0.6) is 5.75 Å². The van der Waals surface area contributed by atoms with Crippen LogP contribution in [-0.4, -0.2) is 70.6 Å². The van der Waals surface area contributed by atoms with Gasteiger partial charge in [0, 0.05) is 39.3 Å². The summed E-state index contributed by atoms with van der Waals surface area (Å²) in [4.78, 5) is 17.3. The third-order valence-corrected chi connectivity index (χ3v) is 8.15. The molecule has 1 amide bonds. The average Bonchev–Trinajstić information content (AvgIpc) is 2.88. The number of methoxy groups -OCH3 is 1. The van der Waals surface area contributed by atoms with Gasteiger partial charge in [-0.15, -0.1) is 0 Å². The van der Waals surface area contributed by atoms with E-state index in [0.29, 0.717) is 24.8 Å². The minimum atomic E-state index is -3.82. The third kappa shape index (κ3) is 6.61. The van der Waals surface area contributed by atoms with Crippen LogP contribution in [0.3, 0.4) is 0 Å². The third-order valence-electron chi connectivity index (χ3n) is 6.75. The average molecular weight is 502 g/mol. The van der Waals surface area contributed by atoms with Gasteiger partial charge in [0.1, 0.15) is 5.75 Å². The summed E-state index contributed by atoms with van der Waals surface area (Å²) in [6.45, 7) is 7.75. The summed E-state index contributed by atoms with van der Waals surface area (Å²) in [5, 5.41) is 0. The Hall–Kier alpha value is -2.46. The van der Waals surface area contributed by atoms with Gasteiger partial charge in [-0.05, 0) is 48.1 Å². The maximum Gasteiger partial charge on any atom is 0.257 e. The van der Waals surface area contributed by atoms with Gasteiger partial charge in [-0.3, -0.25) is 9.69 Å². The lowest BCUT2D eigenvalue weighted by molar-refractivity contribution is 0.0342. The number of nitrogens with one attached hydrogen (secondary N) is 1. The van der Waals surface area contributed by atoms with Crippen LogP contribution in [0.4, 0.5) is 0 Å². The van der Waals surface area contributed by atoms with E-state index in [4.69, 9.17) is 9.47 Å². The smallest absolute Gasteiger partial charge is 0.257 e. The van der Waals surface area contributed by atoms with Gasteiger partial charge in [-0.1, -0.05) is 31.2 Å². The molecule has 8 nitrogen and oxygen atoms in total. The molecule has 4 rings (SSSR count). The number of sulfonamides is 1. The highest BCUT2D eigenvalue weighted by molar-refractivity contribution is 7.89. The van der Waals surface area contributed by atoms with E-state index < -0.39 is 10.0 Å². The molecule has 0 atom stereocenters. The van der Waals surface area contributed by atoms with Gasteiger partial charge in [0.15, 0.2) is 0 Å². The summed E-state index contributed by atoms with van der Waals surface area (Å²) in [5.41, 5.74) is 2.29. The van der Waals surface area contributed by atoms with Crippen molar-refractivity contribution < 1.29 is 22.7 Å². The van der Waals surface area contributed by atoms with Crippen LogP contribution in [0.15, 0.2) is 47.4 Å². The van der Waals surface area contributed by atoms with Crippen molar-refractivity contribution in [3.05, 3.63) is 59.2 Å². The maximum absolute atomic E-state index is 13.2. The van der Waals surface area contributed by atoms with E-state index in [1.807, 2.05) is 18.2 Å². The Morgan fingerprint density at radius 2 is 1.77 bits per heavy atom. The summed E-state index contributed by atoms with van der Waals surface area (Å²) in [6.07, 6.45) is 1.89. The Kier molecular flexibility index (Phi) is 8.43. The molecule has 0 unspecified atom stereocenters. The zero-order valence-electron chi connectivity index (χ0n) is 20.5. The fourth-order valence-corrected chi connectivity index (χ4v) is 5.56. The number of carbonyl (C=O) groups is 1. The lowest BCUT2D eigenvalue weighted by atomic mass is 9.98. The number of morpholine rings is 1. The maximum atomic E-state index is 13.2. The molecular formula is C26H35N3O5S. The van der Waals surface area contributed by atoms with Gasteiger partial charge in [0.2, 0.25) is 10.0 Å². The molecule has 2 aliphatic rings. The number of benzene rings is 2. The van der Waals surface area contributed by atoms with Gasteiger partial charge in [0.25, 0.3) is 5.91 Å². The monoisotopic (exact) mass is 501 g/mol. The molecule has 2 aromatic carbocycles. The predicted octanol–water partition coefficient (Wildman–Crippen LogP) is 2.88. The predicted molar refractivity (Wildman–Crippen MR) is 134 cm³/mol. The Balaban J connectivity index is 1.45. The Morgan fingerprint density at radius 3 is 2.49 bits per heavy atom. The number of hydrogen-bond acceptors (Lipinski definition) is 6. The summed E-state index contributed by atoms with van der Waals surface area (Å²) < 4.78 is 39.7. The van der Waals surface area contributed by atoms with Crippen LogP contribution in [0.25, 0.3) is 0 Å². The normalized spacial score (nSPS) is 17.9. The minimum absolute atomic E-state index is 0.0523. The first-order valence-electron chi connectivity index (χ1n) is 12.2. The second kappa shape index (κ2) is 11.5. The standard InChI is InChI=1S/C26H35N3O5S/c1-20-8-10-29(11-9-20)26(30)24-17-23(6-7-25(24)33-2)35(31,32)27-18-21-4-3-5-22(16-21)19-28-12-14-34-15-13-28/h3-7,16-17,20,27H,8-15,18-19H2,1-2H3. The number of amides is 1. The molecule has 0 bridgehead atoms. The van der Waals surface area contributed by atoms with Crippen molar-refractivity contribution in [2.24, 2.45) is 5.92 Å². The second-order valence-electron chi connectivity index (χ2n) is 9.37. The van der Waals surface area contributed by atoms with Crippen molar-refractivity contribution in [3.8, 4) is 5.75 Å². The lowest BCUT2D eigenvalue weighted by Gasteiger charge is -2.30. The van der Waals surface area contributed by atoms with E-state index in [0.717, 1.165) is 56.8 Å². The van der Waals surface area contributed by atoms with Crippen LogP contribution in [0.2, 0.25) is 0 Å². The number of rotatable bonds is 8. The molecule has 9 heteroatoms. The molecule has 0 spiro atoms. The fraction of sp³-hybridized carbons (Fsp3) is 0.500. The number of piperidine rings is 1. The van der Waals surface area contributed by atoms with Crippen molar-refractivity contribution in [2.45, 2.75) is 37.8 Å². The largest absolute Gasteiger partial charge is 0.496 e. The van der Waals surface area contributed by atoms with Gasteiger partial charge in [-0.2, -0.15) is 0 Å². The number of nitrogens with zero attached hydrogens (tertiary/aromatic N) is 2. The summed E-state index contributed by atoms with van der Waals surface area (Å²) >= 11 is 0. The van der Waals surface area contributed by atoms with Crippen molar-refractivity contribution >= 4 is 15.9 Å². The van der Waals surface area contributed by atoms with Crippen LogP contribution < -0.4 is 9.46 Å². The van der Waals surface area contributed by atoms with E-state index in [9.17, 15) is 13.2 Å². The molecule has 1 N–H and O–H groups in total. The topological polar surface area (TPSA) is 88.2 Å². The van der Waals surface area contributed by atoms with Gasteiger partial charge in [0.05, 0.1) is 30.8 Å². The molecular weight excluding hydrogens is 466 g/mol. The molecule has 0 radical (unpaired) electrons. The van der Waals surface area contributed by atoms with Crippen LogP contribution in [0, 0.1) is 5.92 Å². The van der Waals surface area contributed by atoms with E-state index in [-0.39, 0.29) is 22.9 Å². The highest BCUT2D eigenvalue weighted by Gasteiger charge is 2.26. The minimum Gasteiger partial charge on any atom is -0.496 e. The van der Waals surface area contributed by atoms with Gasteiger partial charge < -0.3 is 14.4 Å². The molecule has 2 heterocycles. The van der Waals surface area contributed by atoms with E-state index in [1.165, 1.54) is 19.2 Å². The highest BCUT2D eigenvalue weighted by Crippen LogP contribution is 2.26. The Morgan fingerprint density at radius 1 is 1.06 bits per heavy atom. The Labute approximate surface area is 208 Å². The van der Waals surface area contributed by atoms with E-state index in [1.54, 1.807) is 11.0 Å². The van der Waals surface area contributed by atoms with Crippen LogP contribution in [0.1, 0.15) is 41.3 Å². The summed E-state index contributed by atoms with van der Waals surface area (Å²) in [6, 6.07) is 12.4. The van der Waals surface area contributed by atoms with Crippen molar-refractivity contribution in [2.75, 3.05) is 46.5 Å². The fourth-order valence-electron chi connectivity index (χ4n) is 4.52. The first-order chi connectivity index (χ1) is 16.9. The first kappa shape index (κ1) is 25.6. The molecule has 2 aliphatic heterocycles. The molecule has 190 valence electrons. The highest BCUT2D eigenvalue weighted by atomic mass is 32.2. The summed E-state index contributed by atoms with van der Waals surface area (Å²) in [7, 11) is -2.34. The van der Waals surface area contributed by atoms with Crippen molar-refractivity contribution in [1.82, 2.24) is 14.5 Å². The molecule has 35 heavy (non-hydrogen) atoms. The second-order valence-corrected chi connectivity index (χ2v) is 11.1. The molecule has 2 fully saturated rings. The quantitative estimate of drug-likeness (QED) is 0.599. The van der Waals surface area contributed by atoms with Crippen LogP contribution >= 0.6 is 0 Å². The number of ether oxygens (including phenoxy) is 2. The zero-order valence-corrected chi connectivity index (χ0v) is 21.4. The van der Waals surface area contributed by atoms with E-state index >= 15 is 0 Å².